The van der Waals surface area contributed by atoms with Crippen LogP contribution in [0, 0.1) is 0 Å². The summed E-state index contributed by atoms with van der Waals surface area (Å²) in [5.41, 5.74) is 5.52. The summed E-state index contributed by atoms with van der Waals surface area (Å²) in [6.45, 7) is 2.42. The number of hydrogen-bond acceptors (Lipinski definition) is 6. The molecule has 0 saturated heterocycles. The summed E-state index contributed by atoms with van der Waals surface area (Å²) >= 11 is 0. The van der Waals surface area contributed by atoms with Crippen LogP contribution in [0.15, 0.2) is 72.8 Å². The molecule has 0 fully saturated rings. The molecular formula is C31H35N7O3. The van der Waals surface area contributed by atoms with Gasteiger partial charge in [0.25, 0.3) is 5.91 Å². The lowest BCUT2D eigenvalue weighted by Gasteiger charge is -2.15. The van der Waals surface area contributed by atoms with Gasteiger partial charge in [-0.25, -0.2) is 14.8 Å². The first-order chi connectivity index (χ1) is 19.9. The van der Waals surface area contributed by atoms with Gasteiger partial charge in [-0.2, -0.15) is 0 Å². The molecule has 4 N–H and O–H groups in total. The van der Waals surface area contributed by atoms with Crippen molar-refractivity contribution in [2.75, 3.05) is 6.54 Å². The van der Waals surface area contributed by atoms with Crippen LogP contribution in [0.4, 0.5) is 0 Å². The molecule has 0 aliphatic carbocycles. The molecule has 2 aromatic heterocycles. The monoisotopic (exact) mass is 553 g/mol. The van der Waals surface area contributed by atoms with Gasteiger partial charge in [0.2, 0.25) is 0 Å². The van der Waals surface area contributed by atoms with Gasteiger partial charge >= 0.3 is 5.97 Å². The lowest BCUT2D eigenvalue weighted by molar-refractivity contribution is -0.139. The smallest absolute Gasteiger partial charge is 0.326 e. The van der Waals surface area contributed by atoms with E-state index in [1.165, 1.54) is 0 Å². The Balaban J connectivity index is 1.06. The van der Waals surface area contributed by atoms with Crippen LogP contribution in [-0.4, -0.2) is 48.7 Å². The van der Waals surface area contributed by atoms with Crippen molar-refractivity contribution in [3.05, 3.63) is 95.6 Å². The second-order valence-corrected chi connectivity index (χ2v) is 10.1. The number of rotatable bonds is 13. The molecule has 10 nitrogen and oxygen atoms in total. The quantitative estimate of drug-likeness (QED) is 0.164. The molecule has 0 spiro atoms. The first-order valence-electron chi connectivity index (χ1n) is 13.8. The molecule has 2 heterocycles. The Bertz CT molecular complexity index is 1660. The predicted molar refractivity (Wildman–Crippen MR) is 158 cm³/mol. The van der Waals surface area contributed by atoms with Crippen LogP contribution in [0.2, 0.25) is 0 Å². The normalized spacial score (nSPS) is 12.1. The summed E-state index contributed by atoms with van der Waals surface area (Å²) in [6, 6.07) is 22.2. The number of para-hydroxylation sites is 4. The van der Waals surface area contributed by atoms with Crippen molar-refractivity contribution >= 4 is 33.9 Å². The van der Waals surface area contributed by atoms with Gasteiger partial charge in [-0.15, -0.1) is 0 Å². The molecule has 0 saturated carbocycles. The topological polar surface area (TPSA) is 126 Å². The lowest BCUT2D eigenvalue weighted by Crippen LogP contribution is -2.41. The summed E-state index contributed by atoms with van der Waals surface area (Å²) in [5, 5.41) is 19.0. The van der Waals surface area contributed by atoms with Gasteiger partial charge in [-0.3, -0.25) is 4.79 Å². The third-order valence-corrected chi connectivity index (χ3v) is 7.32. The van der Waals surface area contributed by atoms with Crippen LogP contribution >= 0.6 is 0 Å². The van der Waals surface area contributed by atoms with E-state index in [0.717, 1.165) is 39.3 Å². The number of amides is 1. The number of nitrogens with one attached hydrogen (secondary N) is 3. The fraction of sp³-hybridized carbons (Fsp3) is 0.290. The first-order valence-corrected chi connectivity index (χ1v) is 13.8. The van der Waals surface area contributed by atoms with Crippen LogP contribution in [0.3, 0.4) is 0 Å². The van der Waals surface area contributed by atoms with E-state index in [1.54, 1.807) is 12.1 Å². The summed E-state index contributed by atoms with van der Waals surface area (Å²) < 4.78 is 4.12. The molecule has 5 rings (SSSR count). The molecule has 10 heteroatoms. The van der Waals surface area contributed by atoms with E-state index in [-0.39, 0.29) is 0 Å². The van der Waals surface area contributed by atoms with E-state index in [9.17, 15) is 14.7 Å². The molecule has 212 valence electrons. The van der Waals surface area contributed by atoms with E-state index >= 15 is 0 Å². The summed E-state index contributed by atoms with van der Waals surface area (Å²) in [5.74, 6) is 0.418. The highest BCUT2D eigenvalue weighted by atomic mass is 16.4. The van der Waals surface area contributed by atoms with Crippen molar-refractivity contribution < 1.29 is 14.7 Å². The second-order valence-electron chi connectivity index (χ2n) is 10.1. The van der Waals surface area contributed by atoms with Crippen LogP contribution in [0.5, 0.6) is 0 Å². The lowest BCUT2D eigenvalue weighted by atomic mass is 10.1. The molecule has 41 heavy (non-hydrogen) atoms. The minimum atomic E-state index is -1.04. The number of nitrogens with zero attached hydrogens (tertiary/aromatic N) is 4. The van der Waals surface area contributed by atoms with Gasteiger partial charge in [0.05, 0.1) is 35.2 Å². The van der Waals surface area contributed by atoms with E-state index in [1.807, 2.05) is 79.3 Å². The van der Waals surface area contributed by atoms with E-state index < -0.39 is 17.9 Å². The first kappa shape index (κ1) is 28.0. The average Bonchev–Trinajstić information content (AvgIpc) is 3.48. The number of benzene rings is 3. The van der Waals surface area contributed by atoms with Gasteiger partial charge in [-0.05, 0) is 61.3 Å². The zero-order valence-corrected chi connectivity index (χ0v) is 23.3. The van der Waals surface area contributed by atoms with Crippen molar-refractivity contribution in [1.29, 1.82) is 0 Å². The minimum absolute atomic E-state index is 0.320. The van der Waals surface area contributed by atoms with E-state index in [4.69, 9.17) is 0 Å². The van der Waals surface area contributed by atoms with Crippen molar-refractivity contribution in [1.82, 2.24) is 35.1 Å². The number of aromatic nitrogens is 4. The third kappa shape index (κ3) is 6.62. The molecule has 3 aromatic carbocycles. The van der Waals surface area contributed by atoms with Gasteiger partial charge in [-0.1, -0.05) is 36.4 Å². The molecule has 1 amide bonds. The maximum absolute atomic E-state index is 12.8. The zero-order chi connectivity index (χ0) is 28.8. The number of carbonyl (C=O) groups excluding carboxylic acids is 1. The van der Waals surface area contributed by atoms with Gasteiger partial charge < -0.3 is 30.2 Å². The summed E-state index contributed by atoms with van der Waals surface area (Å²) in [7, 11) is 3.99. The Labute approximate surface area is 238 Å². The maximum atomic E-state index is 12.8. The Morgan fingerprint density at radius 1 is 0.780 bits per heavy atom. The van der Waals surface area contributed by atoms with Crippen LogP contribution in [0.1, 0.15) is 40.4 Å². The molecule has 1 atom stereocenters. The second kappa shape index (κ2) is 12.8. The Morgan fingerprint density at radius 2 is 1.34 bits per heavy atom. The zero-order valence-electron chi connectivity index (χ0n) is 23.3. The molecule has 0 aliphatic heterocycles. The molecule has 0 aliphatic rings. The maximum Gasteiger partial charge on any atom is 0.326 e. The number of aliphatic carboxylic acids is 1. The number of hydrogen-bond donors (Lipinski definition) is 4. The molecule has 0 radical (unpaired) electrons. The van der Waals surface area contributed by atoms with E-state index in [2.05, 4.69) is 30.5 Å². The SMILES string of the molecule is Cn1c(CNCCC[C@H](NC(=O)c2ccc(CNCc3nc4ccccc4n3C)cc2)C(=O)O)nc2ccccc21. The number of aryl methyl sites for hydroxylation is 2. The number of carbonyl (C=O) groups is 2. The van der Waals surface area contributed by atoms with Crippen LogP contribution < -0.4 is 16.0 Å². The van der Waals surface area contributed by atoms with Crippen LogP contribution in [0.25, 0.3) is 22.1 Å². The third-order valence-electron chi connectivity index (χ3n) is 7.32. The minimum Gasteiger partial charge on any atom is -0.480 e. The molecule has 0 unspecified atom stereocenters. The van der Waals surface area contributed by atoms with Gasteiger partial charge in [0.15, 0.2) is 0 Å². The largest absolute Gasteiger partial charge is 0.480 e. The Morgan fingerprint density at radius 3 is 1.90 bits per heavy atom. The van der Waals surface area contributed by atoms with Crippen molar-refractivity contribution in [2.45, 2.75) is 38.5 Å². The Hall–Kier alpha value is -4.54. The number of fused-ring (bicyclic) bond motifs is 2. The highest BCUT2D eigenvalue weighted by Gasteiger charge is 2.20. The summed E-state index contributed by atoms with van der Waals surface area (Å²) in [4.78, 5) is 33.9. The number of carboxylic acids is 1. The Kier molecular flexibility index (Phi) is 8.71. The molecule has 5 aromatic rings. The highest BCUT2D eigenvalue weighted by Crippen LogP contribution is 2.15. The van der Waals surface area contributed by atoms with Crippen molar-refractivity contribution in [3.8, 4) is 0 Å². The van der Waals surface area contributed by atoms with E-state index in [0.29, 0.717) is 44.6 Å². The summed E-state index contributed by atoms with van der Waals surface area (Å²) in [6.07, 6.45) is 0.915. The molecular weight excluding hydrogens is 518 g/mol. The highest BCUT2D eigenvalue weighted by molar-refractivity contribution is 5.96. The standard InChI is InChI=1S/C31H35N7O3/c1-37-26-11-5-3-8-23(26)34-28(37)19-32-17-7-10-25(31(40)41)36-30(39)22-15-13-21(14-16-22)18-33-20-29-35-24-9-4-6-12-27(24)38(29)2/h3-6,8-9,11-16,25,32-33H,7,10,17-20H2,1-2H3,(H,36,39)(H,40,41)/t25-/m0/s1. The number of carboxylic acid groups (broad SMARTS) is 1. The van der Waals surface area contributed by atoms with Gasteiger partial charge in [0, 0.05) is 26.2 Å². The fourth-order valence-electron chi connectivity index (χ4n) is 4.93. The van der Waals surface area contributed by atoms with Crippen molar-refractivity contribution in [3.63, 3.8) is 0 Å². The average molecular weight is 554 g/mol. The fourth-order valence-corrected chi connectivity index (χ4v) is 4.93. The van der Waals surface area contributed by atoms with Crippen molar-refractivity contribution in [2.24, 2.45) is 14.1 Å². The predicted octanol–water partition coefficient (Wildman–Crippen LogP) is 3.50. The van der Waals surface area contributed by atoms with Crippen LogP contribution in [-0.2, 0) is 38.5 Å². The van der Waals surface area contributed by atoms with Gasteiger partial charge in [0.1, 0.15) is 17.7 Å². The number of imidazole rings is 2. The molecule has 0 bridgehead atoms.